The van der Waals surface area contributed by atoms with E-state index in [-0.39, 0.29) is 24.7 Å². The lowest BCUT2D eigenvalue weighted by Crippen LogP contribution is -2.23. The average Bonchev–Trinajstić information content (AvgIpc) is 2.36. The Morgan fingerprint density at radius 3 is 2.19 bits per heavy atom. The molecule has 0 saturated carbocycles. The van der Waals surface area contributed by atoms with Crippen molar-refractivity contribution in [1.82, 2.24) is 0 Å². The second-order valence-corrected chi connectivity index (χ2v) is 5.54. The van der Waals surface area contributed by atoms with E-state index in [1.807, 2.05) is 0 Å². The molecule has 0 aliphatic heterocycles. The molecule has 0 aromatic heterocycles. The highest BCUT2D eigenvalue weighted by Crippen LogP contribution is 2.30. The third-order valence-corrected chi connectivity index (χ3v) is 3.66. The van der Waals surface area contributed by atoms with Crippen molar-refractivity contribution in [2.45, 2.75) is 10.4 Å². The van der Waals surface area contributed by atoms with Crippen molar-refractivity contribution in [3.05, 3.63) is 36.2 Å². The fourth-order valence-corrected chi connectivity index (χ4v) is 1.95. The van der Waals surface area contributed by atoms with Crippen molar-refractivity contribution in [3.63, 3.8) is 0 Å². The molecule has 1 aromatic rings. The Balaban J connectivity index is 0.00000400. The van der Waals surface area contributed by atoms with Crippen LogP contribution in [0.25, 0.3) is 0 Å². The number of hydrogen-bond acceptors (Lipinski definition) is 4. The number of sulfone groups is 1. The smallest absolute Gasteiger partial charge is 0.487 e. The van der Waals surface area contributed by atoms with Crippen molar-refractivity contribution < 1.29 is 30.7 Å². The normalized spacial score (nSPS) is 12.7. The van der Waals surface area contributed by atoms with E-state index in [9.17, 15) is 26.0 Å². The van der Waals surface area contributed by atoms with E-state index in [4.69, 9.17) is 10.5 Å². The van der Waals surface area contributed by atoms with E-state index in [1.54, 1.807) is 0 Å². The predicted molar refractivity (Wildman–Crippen MR) is 70.7 cm³/mol. The van der Waals surface area contributed by atoms with Crippen LogP contribution in [0.4, 0.5) is 17.6 Å². The quantitative estimate of drug-likeness (QED) is 0.830. The summed E-state index contributed by atoms with van der Waals surface area (Å²) in [6.45, 7) is -0.458. The Morgan fingerprint density at radius 2 is 1.76 bits per heavy atom. The van der Waals surface area contributed by atoms with Crippen molar-refractivity contribution in [3.8, 4) is 5.75 Å². The van der Waals surface area contributed by atoms with Gasteiger partial charge >= 0.3 is 5.51 Å². The zero-order valence-corrected chi connectivity index (χ0v) is 12.1. The Kier molecular flexibility index (Phi) is 7.14. The summed E-state index contributed by atoms with van der Waals surface area (Å²) in [4.78, 5) is -0.907. The van der Waals surface area contributed by atoms with Gasteiger partial charge in [0.05, 0.1) is 4.90 Å². The number of halogens is 5. The molecule has 1 rings (SSSR count). The lowest BCUT2D eigenvalue weighted by Gasteiger charge is -2.09. The van der Waals surface area contributed by atoms with E-state index in [0.717, 1.165) is 30.3 Å². The topological polar surface area (TPSA) is 69.4 Å². The standard InChI is InChI=1S/C11H11F4NO3S.ClH/c12-8(5-6-16)7-19-9-1-3-10(4-2-9)20(17,18)11(13,14)15;/h1-5H,6-7,16H2;1H. The second-order valence-electron chi connectivity index (χ2n) is 3.60. The molecular weight excluding hydrogens is 338 g/mol. The van der Waals surface area contributed by atoms with Crippen LogP contribution in [0, 0.1) is 0 Å². The van der Waals surface area contributed by atoms with Gasteiger partial charge in [-0.05, 0) is 30.3 Å². The van der Waals surface area contributed by atoms with E-state index in [0.29, 0.717) is 0 Å². The molecule has 0 radical (unpaired) electrons. The SMILES string of the molecule is Cl.NCC=C(F)COc1ccc(S(=O)(=O)C(F)(F)F)cc1. The zero-order chi connectivity index (χ0) is 15.4. The summed E-state index contributed by atoms with van der Waals surface area (Å²) in [5, 5.41) is 0. The molecule has 0 amide bonds. The highest BCUT2D eigenvalue weighted by molar-refractivity contribution is 7.92. The van der Waals surface area contributed by atoms with Crippen molar-refractivity contribution in [2.24, 2.45) is 5.73 Å². The highest BCUT2D eigenvalue weighted by Gasteiger charge is 2.46. The minimum atomic E-state index is -5.39. The number of nitrogens with two attached hydrogens (primary N) is 1. The minimum absolute atomic E-state index is 0. The Morgan fingerprint density at radius 1 is 1.24 bits per heavy atom. The molecule has 0 saturated heterocycles. The zero-order valence-electron chi connectivity index (χ0n) is 10.4. The summed E-state index contributed by atoms with van der Waals surface area (Å²) in [5.74, 6) is -0.605. The van der Waals surface area contributed by atoms with Crippen LogP contribution in [0.1, 0.15) is 0 Å². The molecule has 21 heavy (non-hydrogen) atoms. The van der Waals surface area contributed by atoms with E-state index in [1.165, 1.54) is 0 Å². The van der Waals surface area contributed by atoms with Crippen LogP contribution >= 0.6 is 12.4 Å². The summed E-state index contributed by atoms with van der Waals surface area (Å²) in [6.07, 6.45) is 1.07. The fourth-order valence-electron chi connectivity index (χ4n) is 1.19. The summed E-state index contributed by atoms with van der Waals surface area (Å²) in [5.41, 5.74) is -0.308. The van der Waals surface area contributed by atoms with Gasteiger partial charge in [0.25, 0.3) is 9.84 Å². The van der Waals surface area contributed by atoms with Crippen molar-refractivity contribution in [2.75, 3.05) is 13.2 Å². The maximum absolute atomic E-state index is 12.9. The third-order valence-electron chi connectivity index (χ3n) is 2.15. The number of ether oxygens (including phenoxy) is 1. The fraction of sp³-hybridized carbons (Fsp3) is 0.273. The van der Waals surface area contributed by atoms with Gasteiger partial charge in [0.2, 0.25) is 0 Å². The first-order valence-electron chi connectivity index (χ1n) is 5.27. The highest BCUT2D eigenvalue weighted by atomic mass is 35.5. The summed E-state index contributed by atoms with van der Waals surface area (Å²) >= 11 is 0. The molecule has 0 fully saturated rings. The van der Waals surface area contributed by atoms with Gasteiger partial charge in [-0.3, -0.25) is 0 Å². The molecular formula is C11H12ClF4NO3S. The molecule has 0 unspecified atom stereocenters. The van der Waals surface area contributed by atoms with Crippen molar-refractivity contribution in [1.29, 1.82) is 0 Å². The van der Waals surface area contributed by atoms with E-state index >= 15 is 0 Å². The van der Waals surface area contributed by atoms with Gasteiger partial charge < -0.3 is 10.5 Å². The Labute approximate surface area is 124 Å². The Bertz CT molecular complexity index is 584. The van der Waals surface area contributed by atoms with Crippen LogP contribution in [-0.4, -0.2) is 27.1 Å². The molecule has 4 nitrogen and oxygen atoms in total. The van der Waals surface area contributed by atoms with Gasteiger partial charge in [-0.2, -0.15) is 13.2 Å². The number of alkyl halides is 3. The van der Waals surface area contributed by atoms with Gasteiger partial charge in [-0.25, -0.2) is 12.8 Å². The van der Waals surface area contributed by atoms with E-state index in [2.05, 4.69) is 0 Å². The van der Waals surface area contributed by atoms with Gasteiger partial charge in [-0.1, -0.05) is 0 Å². The van der Waals surface area contributed by atoms with E-state index < -0.39 is 32.7 Å². The molecule has 10 heteroatoms. The first-order valence-corrected chi connectivity index (χ1v) is 6.75. The lowest BCUT2D eigenvalue weighted by atomic mass is 10.3. The van der Waals surface area contributed by atoms with Crippen LogP contribution in [0.15, 0.2) is 41.1 Å². The molecule has 0 spiro atoms. The summed E-state index contributed by atoms with van der Waals surface area (Å²) < 4.78 is 76.8. The number of rotatable bonds is 5. The van der Waals surface area contributed by atoms with Crippen LogP contribution in [0.2, 0.25) is 0 Å². The lowest BCUT2D eigenvalue weighted by molar-refractivity contribution is -0.0436. The minimum Gasteiger partial charge on any atom is -0.487 e. The molecule has 0 aliphatic carbocycles. The molecule has 2 N–H and O–H groups in total. The molecule has 1 aromatic carbocycles. The van der Waals surface area contributed by atoms with Crippen LogP contribution in [0.3, 0.4) is 0 Å². The second kappa shape index (κ2) is 7.62. The summed E-state index contributed by atoms with van der Waals surface area (Å²) in [6, 6.07) is 3.49. The van der Waals surface area contributed by atoms with Gasteiger partial charge in [0.15, 0.2) is 0 Å². The van der Waals surface area contributed by atoms with Crippen LogP contribution < -0.4 is 10.5 Å². The Hall–Kier alpha value is -1.32. The first kappa shape index (κ1) is 19.7. The van der Waals surface area contributed by atoms with Gasteiger partial charge in [0.1, 0.15) is 18.2 Å². The summed E-state index contributed by atoms with van der Waals surface area (Å²) in [7, 11) is -5.39. The molecule has 0 heterocycles. The maximum Gasteiger partial charge on any atom is 0.501 e. The third kappa shape index (κ3) is 5.18. The van der Waals surface area contributed by atoms with Gasteiger partial charge in [0, 0.05) is 6.54 Å². The largest absolute Gasteiger partial charge is 0.501 e. The number of hydrogen-bond donors (Lipinski definition) is 1. The number of benzene rings is 1. The first-order chi connectivity index (χ1) is 9.18. The van der Waals surface area contributed by atoms with Crippen molar-refractivity contribution >= 4 is 22.2 Å². The molecule has 0 bridgehead atoms. The molecule has 0 aliphatic rings. The van der Waals surface area contributed by atoms with Gasteiger partial charge in [-0.15, -0.1) is 12.4 Å². The predicted octanol–water partition coefficient (Wildman–Crippen LogP) is 2.59. The van der Waals surface area contributed by atoms with Crippen LogP contribution in [-0.2, 0) is 9.84 Å². The monoisotopic (exact) mass is 349 g/mol. The molecule has 120 valence electrons. The average molecular weight is 350 g/mol. The maximum atomic E-state index is 12.9. The van der Waals surface area contributed by atoms with Crippen LogP contribution in [0.5, 0.6) is 5.75 Å². The molecule has 0 atom stereocenters.